The number of para-hydroxylation sites is 1. The van der Waals surface area contributed by atoms with E-state index >= 15 is 0 Å². The van der Waals surface area contributed by atoms with E-state index in [1.54, 1.807) is 0 Å². The number of nitrogens with one attached hydrogen (secondary N) is 1. The molecule has 2 aromatic rings. The third-order valence-electron chi connectivity index (χ3n) is 4.40. The van der Waals surface area contributed by atoms with Crippen molar-refractivity contribution in [2.75, 3.05) is 19.6 Å². The fourth-order valence-electron chi connectivity index (χ4n) is 3.39. The van der Waals surface area contributed by atoms with Gasteiger partial charge in [-0.15, -0.1) is 0 Å². The van der Waals surface area contributed by atoms with Crippen molar-refractivity contribution < 1.29 is 0 Å². The van der Waals surface area contributed by atoms with Crippen molar-refractivity contribution in [1.29, 1.82) is 0 Å². The lowest BCUT2D eigenvalue weighted by molar-refractivity contribution is 0.133. The number of aryl methyl sites for hydroxylation is 1. The molecule has 0 aliphatic carbocycles. The molecule has 0 bridgehead atoms. The Morgan fingerprint density at radius 3 is 2.95 bits per heavy atom. The van der Waals surface area contributed by atoms with Crippen molar-refractivity contribution in [2.45, 2.75) is 32.9 Å². The zero-order valence-corrected chi connectivity index (χ0v) is 13.3. The molecule has 4 nitrogen and oxygen atoms in total. The molecule has 1 N–H and O–H groups in total. The van der Waals surface area contributed by atoms with E-state index in [2.05, 4.69) is 48.3 Å². The van der Waals surface area contributed by atoms with E-state index in [-0.39, 0.29) is 0 Å². The lowest BCUT2D eigenvalue weighted by Gasteiger charge is -2.36. The second-order valence-corrected chi connectivity index (χ2v) is 6.55. The van der Waals surface area contributed by atoms with Crippen molar-refractivity contribution in [2.24, 2.45) is 13.0 Å². The Morgan fingerprint density at radius 2 is 2.14 bits per heavy atom. The highest BCUT2D eigenvalue weighted by molar-refractivity contribution is 5.81. The minimum atomic E-state index is 0.625. The highest BCUT2D eigenvalue weighted by atomic mass is 15.3. The third kappa shape index (κ3) is 3.11. The van der Waals surface area contributed by atoms with Gasteiger partial charge < -0.3 is 5.32 Å². The van der Waals surface area contributed by atoms with Gasteiger partial charge in [-0.1, -0.05) is 32.0 Å². The van der Waals surface area contributed by atoms with Gasteiger partial charge in [0, 0.05) is 44.7 Å². The Hall–Kier alpha value is -1.39. The maximum absolute atomic E-state index is 4.75. The largest absolute Gasteiger partial charge is 0.314 e. The number of benzene rings is 1. The fourth-order valence-corrected chi connectivity index (χ4v) is 3.39. The summed E-state index contributed by atoms with van der Waals surface area (Å²) < 4.78 is 2.00. The van der Waals surface area contributed by atoms with Gasteiger partial charge in [0.05, 0.1) is 11.2 Å². The predicted molar refractivity (Wildman–Crippen MR) is 87.2 cm³/mol. The van der Waals surface area contributed by atoms with Crippen LogP contribution >= 0.6 is 0 Å². The van der Waals surface area contributed by atoms with E-state index in [1.165, 1.54) is 23.0 Å². The highest BCUT2D eigenvalue weighted by Gasteiger charge is 2.24. The van der Waals surface area contributed by atoms with Gasteiger partial charge in [0.1, 0.15) is 0 Å². The number of nitrogens with zero attached hydrogens (tertiary/aromatic N) is 3. The van der Waals surface area contributed by atoms with Crippen LogP contribution in [0.25, 0.3) is 10.9 Å². The zero-order chi connectivity index (χ0) is 14.8. The zero-order valence-electron chi connectivity index (χ0n) is 13.3. The quantitative estimate of drug-likeness (QED) is 0.937. The molecule has 0 saturated carbocycles. The van der Waals surface area contributed by atoms with Gasteiger partial charge >= 0.3 is 0 Å². The Bertz CT molecular complexity index is 602. The van der Waals surface area contributed by atoms with E-state index in [0.717, 1.165) is 32.1 Å². The number of aromatic nitrogens is 2. The average molecular weight is 286 g/mol. The number of rotatable bonds is 4. The van der Waals surface area contributed by atoms with Gasteiger partial charge in [0.15, 0.2) is 0 Å². The number of piperazine rings is 1. The molecule has 1 aliphatic heterocycles. The molecule has 0 amide bonds. The molecular formula is C17H26N4. The lowest BCUT2D eigenvalue weighted by atomic mass is 10.0. The van der Waals surface area contributed by atoms with Crippen LogP contribution < -0.4 is 5.32 Å². The van der Waals surface area contributed by atoms with Crippen molar-refractivity contribution in [1.82, 2.24) is 20.0 Å². The van der Waals surface area contributed by atoms with Gasteiger partial charge in [0.25, 0.3) is 0 Å². The summed E-state index contributed by atoms with van der Waals surface area (Å²) in [4.78, 5) is 2.60. The van der Waals surface area contributed by atoms with Crippen LogP contribution in [-0.2, 0) is 13.6 Å². The first-order chi connectivity index (χ1) is 10.1. The molecule has 0 radical (unpaired) electrons. The van der Waals surface area contributed by atoms with E-state index < -0.39 is 0 Å². The molecule has 1 aromatic carbocycles. The molecule has 114 valence electrons. The molecule has 2 heterocycles. The predicted octanol–water partition coefficient (Wildman–Crippen LogP) is 2.39. The van der Waals surface area contributed by atoms with Crippen LogP contribution in [0, 0.1) is 5.92 Å². The second kappa shape index (κ2) is 6.16. The molecule has 1 saturated heterocycles. The topological polar surface area (TPSA) is 33.1 Å². The summed E-state index contributed by atoms with van der Waals surface area (Å²) in [5.74, 6) is 0.734. The van der Waals surface area contributed by atoms with Gasteiger partial charge in [-0.3, -0.25) is 9.58 Å². The van der Waals surface area contributed by atoms with E-state index in [4.69, 9.17) is 5.10 Å². The summed E-state index contributed by atoms with van der Waals surface area (Å²) in [6, 6.07) is 9.16. The highest BCUT2D eigenvalue weighted by Crippen LogP contribution is 2.22. The molecular weight excluding hydrogens is 260 g/mol. The maximum atomic E-state index is 4.75. The Kier molecular flexibility index (Phi) is 4.27. The second-order valence-electron chi connectivity index (χ2n) is 6.55. The van der Waals surface area contributed by atoms with E-state index in [1.807, 2.05) is 11.7 Å². The van der Waals surface area contributed by atoms with E-state index in [0.29, 0.717) is 6.04 Å². The van der Waals surface area contributed by atoms with Crippen LogP contribution in [0.2, 0.25) is 0 Å². The Balaban J connectivity index is 1.83. The summed E-state index contributed by atoms with van der Waals surface area (Å²) in [6.45, 7) is 8.87. The van der Waals surface area contributed by atoms with Crippen molar-refractivity contribution >= 4 is 10.9 Å². The molecule has 3 rings (SSSR count). The van der Waals surface area contributed by atoms with Crippen LogP contribution in [0.4, 0.5) is 0 Å². The summed E-state index contributed by atoms with van der Waals surface area (Å²) in [6.07, 6.45) is 1.25. The molecule has 1 fully saturated rings. The van der Waals surface area contributed by atoms with Crippen molar-refractivity contribution in [3.8, 4) is 0 Å². The first-order valence-corrected chi connectivity index (χ1v) is 8.00. The maximum Gasteiger partial charge on any atom is 0.0843 e. The smallest absolute Gasteiger partial charge is 0.0843 e. The summed E-state index contributed by atoms with van der Waals surface area (Å²) in [7, 11) is 2.04. The van der Waals surface area contributed by atoms with Crippen molar-refractivity contribution in [3.63, 3.8) is 0 Å². The Morgan fingerprint density at radius 1 is 1.33 bits per heavy atom. The minimum absolute atomic E-state index is 0.625. The first kappa shape index (κ1) is 14.5. The summed E-state index contributed by atoms with van der Waals surface area (Å²) in [5.41, 5.74) is 2.44. The average Bonchev–Trinajstić information content (AvgIpc) is 2.78. The van der Waals surface area contributed by atoms with Crippen molar-refractivity contribution in [3.05, 3.63) is 30.0 Å². The first-order valence-electron chi connectivity index (χ1n) is 8.00. The molecule has 0 spiro atoms. The van der Waals surface area contributed by atoms with Crippen LogP contribution in [0.3, 0.4) is 0 Å². The molecule has 4 heteroatoms. The van der Waals surface area contributed by atoms with Gasteiger partial charge in [-0.25, -0.2) is 0 Å². The van der Waals surface area contributed by atoms with Crippen LogP contribution in [0.1, 0.15) is 26.0 Å². The third-order valence-corrected chi connectivity index (χ3v) is 4.40. The lowest BCUT2D eigenvalue weighted by Crippen LogP contribution is -2.51. The van der Waals surface area contributed by atoms with Crippen LogP contribution in [0.5, 0.6) is 0 Å². The van der Waals surface area contributed by atoms with Crippen LogP contribution in [-0.4, -0.2) is 40.4 Å². The normalized spacial score (nSPS) is 20.5. The van der Waals surface area contributed by atoms with Gasteiger partial charge in [0.2, 0.25) is 0 Å². The van der Waals surface area contributed by atoms with Gasteiger partial charge in [-0.05, 0) is 18.4 Å². The monoisotopic (exact) mass is 286 g/mol. The molecule has 21 heavy (non-hydrogen) atoms. The molecule has 1 aliphatic rings. The summed E-state index contributed by atoms with van der Waals surface area (Å²) in [5, 5.41) is 9.58. The fraction of sp³-hybridized carbons (Fsp3) is 0.588. The molecule has 1 aromatic heterocycles. The summed E-state index contributed by atoms with van der Waals surface area (Å²) >= 11 is 0. The Labute approximate surface area is 127 Å². The standard InChI is InChI=1S/C17H26N4/c1-13(2)10-14-11-18-8-9-21(14)12-16-15-6-4-5-7-17(15)20(3)19-16/h4-7,13-14,18H,8-12H2,1-3H3. The number of hydrogen-bond acceptors (Lipinski definition) is 3. The van der Waals surface area contributed by atoms with E-state index in [9.17, 15) is 0 Å². The molecule has 1 atom stereocenters. The van der Waals surface area contributed by atoms with Crippen LogP contribution in [0.15, 0.2) is 24.3 Å². The number of hydrogen-bond donors (Lipinski definition) is 1. The van der Waals surface area contributed by atoms with Gasteiger partial charge in [-0.2, -0.15) is 5.10 Å². The minimum Gasteiger partial charge on any atom is -0.314 e. The SMILES string of the molecule is CC(C)CC1CNCCN1Cc1nn(C)c2ccccc12. The molecule has 1 unspecified atom stereocenters. The number of fused-ring (bicyclic) bond motifs is 1.